The molecule has 0 radical (unpaired) electrons. The van der Waals surface area contributed by atoms with Crippen LogP contribution in [0.25, 0.3) is 10.2 Å². The second-order valence-corrected chi connectivity index (χ2v) is 7.89. The monoisotopic (exact) mass is 432 g/mol. The number of anilines is 1. The van der Waals surface area contributed by atoms with Crippen molar-refractivity contribution in [1.82, 2.24) is 14.9 Å². The number of nitrogens with zero attached hydrogens (tertiary/aromatic N) is 3. The van der Waals surface area contributed by atoms with Crippen molar-refractivity contribution >= 4 is 44.4 Å². The average molecular weight is 432 g/mol. The Morgan fingerprint density at radius 1 is 1.03 bits per heavy atom. The summed E-state index contributed by atoms with van der Waals surface area (Å²) in [6.07, 6.45) is 1.59. The first-order valence-corrected chi connectivity index (χ1v) is 10.1. The fraction of sp³-hybridized carbons (Fsp3) is 0.0455. The second-order valence-electron chi connectivity index (χ2n) is 6.86. The summed E-state index contributed by atoms with van der Waals surface area (Å²) in [5, 5.41) is 2.97. The van der Waals surface area contributed by atoms with Gasteiger partial charge in [0.25, 0.3) is 17.7 Å². The molecule has 2 aromatic carbocycles. The van der Waals surface area contributed by atoms with E-state index >= 15 is 0 Å². The summed E-state index contributed by atoms with van der Waals surface area (Å²) in [6, 6.07) is 13.8. The number of imide groups is 1. The van der Waals surface area contributed by atoms with Crippen LogP contribution in [0.4, 0.5) is 9.52 Å². The van der Waals surface area contributed by atoms with Crippen molar-refractivity contribution in [2.24, 2.45) is 0 Å². The van der Waals surface area contributed by atoms with Gasteiger partial charge in [0.15, 0.2) is 5.13 Å². The standard InChI is InChI=1S/C22H13FN4O3S/c23-13-5-7-17-18(10-13)31-22(25-17)26-19(28)12-4-6-15-16(9-12)21(30)27(20(15)29)11-14-3-1-2-8-24-14/h1-10H,11H2,(H,25,26,28). The number of rotatable bonds is 4. The van der Waals surface area contributed by atoms with Crippen LogP contribution in [-0.4, -0.2) is 32.6 Å². The van der Waals surface area contributed by atoms with Crippen LogP contribution in [0.15, 0.2) is 60.8 Å². The Hall–Kier alpha value is -3.98. The van der Waals surface area contributed by atoms with Gasteiger partial charge in [-0.05, 0) is 48.5 Å². The Kier molecular flexibility index (Phi) is 4.52. The molecule has 4 aromatic rings. The minimum absolute atomic E-state index is 0.0526. The number of hydrogen-bond donors (Lipinski definition) is 1. The van der Waals surface area contributed by atoms with Crippen LogP contribution >= 0.6 is 11.3 Å². The molecule has 31 heavy (non-hydrogen) atoms. The number of pyridine rings is 1. The normalized spacial score (nSPS) is 13.0. The van der Waals surface area contributed by atoms with Gasteiger partial charge in [0.1, 0.15) is 5.82 Å². The zero-order valence-electron chi connectivity index (χ0n) is 15.8. The summed E-state index contributed by atoms with van der Waals surface area (Å²) >= 11 is 1.14. The lowest BCUT2D eigenvalue weighted by Crippen LogP contribution is -2.29. The SMILES string of the molecule is O=C(Nc1nc2ccc(F)cc2s1)c1ccc2c(c1)C(=O)N(Cc1ccccn1)C2=O. The van der Waals surface area contributed by atoms with E-state index < -0.39 is 17.7 Å². The number of nitrogens with one attached hydrogen (secondary N) is 1. The van der Waals surface area contributed by atoms with Gasteiger partial charge in [0.05, 0.1) is 33.6 Å². The molecular formula is C22H13FN4O3S. The molecule has 5 rings (SSSR count). The molecule has 0 fully saturated rings. The van der Waals surface area contributed by atoms with Gasteiger partial charge in [-0.1, -0.05) is 17.4 Å². The molecule has 0 atom stereocenters. The van der Waals surface area contributed by atoms with Crippen molar-refractivity contribution < 1.29 is 18.8 Å². The number of benzene rings is 2. The molecule has 1 aliphatic heterocycles. The van der Waals surface area contributed by atoms with Crippen molar-refractivity contribution in [3.8, 4) is 0 Å². The van der Waals surface area contributed by atoms with Crippen molar-refractivity contribution in [1.29, 1.82) is 0 Å². The first-order chi connectivity index (χ1) is 15.0. The van der Waals surface area contributed by atoms with Crippen LogP contribution < -0.4 is 5.32 Å². The zero-order chi connectivity index (χ0) is 21.5. The Morgan fingerprint density at radius 3 is 2.68 bits per heavy atom. The fourth-order valence-corrected chi connectivity index (χ4v) is 4.24. The van der Waals surface area contributed by atoms with Gasteiger partial charge >= 0.3 is 0 Å². The molecule has 9 heteroatoms. The number of aromatic nitrogens is 2. The minimum Gasteiger partial charge on any atom is -0.298 e. The van der Waals surface area contributed by atoms with Gasteiger partial charge in [-0.2, -0.15) is 0 Å². The summed E-state index contributed by atoms with van der Waals surface area (Å²) in [6.45, 7) is 0.0526. The van der Waals surface area contributed by atoms with E-state index in [1.165, 1.54) is 36.4 Å². The van der Waals surface area contributed by atoms with E-state index in [1.807, 2.05) is 0 Å². The van der Waals surface area contributed by atoms with Crippen LogP contribution in [0, 0.1) is 5.82 Å². The molecule has 3 amide bonds. The van der Waals surface area contributed by atoms with E-state index in [4.69, 9.17) is 0 Å². The molecule has 0 unspecified atom stereocenters. The highest BCUT2D eigenvalue weighted by Gasteiger charge is 2.36. The maximum Gasteiger partial charge on any atom is 0.261 e. The molecule has 1 aliphatic rings. The van der Waals surface area contributed by atoms with Crippen LogP contribution in [0.3, 0.4) is 0 Å². The van der Waals surface area contributed by atoms with Crippen molar-refractivity contribution in [3.63, 3.8) is 0 Å². The highest BCUT2D eigenvalue weighted by atomic mass is 32.1. The highest BCUT2D eigenvalue weighted by Crippen LogP contribution is 2.28. The predicted octanol–water partition coefficient (Wildman–Crippen LogP) is 3.88. The highest BCUT2D eigenvalue weighted by molar-refractivity contribution is 7.22. The third-order valence-electron chi connectivity index (χ3n) is 4.85. The third-order valence-corrected chi connectivity index (χ3v) is 5.78. The molecule has 2 aromatic heterocycles. The van der Waals surface area contributed by atoms with E-state index in [0.29, 0.717) is 21.0 Å². The first-order valence-electron chi connectivity index (χ1n) is 9.27. The molecular weight excluding hydrogens is 419 g/mol. The Labute approximate surface area is 179 Å². The summed E-state index contributed by atoms with van der Waals surface area (Å²) in [7, 11) is 0. The maximum atomic E-state index is 13.4. The summed E-state index contributed by atoms with van der Waals surface area (Å²) < 4.78 is 14.0. The molecule has 0 spiro atoms. The smallest absolute Gasteiger partial charge is 0.261 e. The molecule has 0 saturated carbocycles. The lowest BCUT2D eigenvalue weighted by atomic mass is 10.1. The summed E-state index contributed by atoms with van der Waals surface area (Å²) in [4.78, 5) is 47.6. The van der Waals surface area contributed by atoms with Gasteiger partial charge in [-0.25, -0.2) is 9.37 Å². The summed E-state index contributed by atoms with van der Waals surface area (Å²) in [5.41, 5.74) is 1.78. The van der Waals surface area contributed by atoms with Crippen LogP contribution in [0.5, 0.6) is 0 Å². The molecule has 0 saturated heterocycles. The lowest BCUT2D eigenvalue weighted by molar-refractivity contribution is 0.0640. The number of carbonyl (C=O) groups is 3. The number of hydrogen-bond acceptors (Lipinski definition) is 6. The molecule has 152 valence electrons. The Bertz CT molecular complexity index is 1370. The number of thiazole rings is 1. The lowest BCUT2D eigenvalue weighted by Gasteiger charge is -2.12. The quantitative estimate of drug-likeness (QED) is 0.494. The van der Waals surface area contributed by atoms with E-state index in [-0.39, 0.29) is 29.1 Å². The van der Waals surface area contributed by atoms with Gasteiger partial charge < -0.3 is 0 Å². The topological polar surface area (TPSA) is 92.3 Å². The molecule has 0 bridgehead atoms. The predicted molar refractivity (Wildman–Crippen MR) is 112 cm³/mol. The first kappa shape index (κ1) is 19.0. The van der Waals surface area contributed by atoms with Gasteiger partial charge in [-0.15, -0.1) is 0 Å². The number of amides is 3. The Balaban J connectivity index is 1.38. The maximum absolute atomic E-state index is 13.4. The minimum atomic E-state index is -0.481. The number of halogens is 1. The molecule has 7 nitrogen and oxygen atoms in total. The Morgan fingerprint density at radius 2 is 1.87 bits per heavy atom. The average Bonchev–Trinajstić information content (AvgIpc) is 3.27. The largest absolute Gasteiger partial charge is 0.298 e. The van der Waals surface area contributed by atoms with Crippen LogP contribution in [0.2, 0.25) is 0 Å². The fourth-order valence-electron chi connectivity index (χ4n) is 3.35. The van der Waals surface area contributed by atoms with E-state index in [2.05, 4.69) is 15.3 Å². The van der Waals surface area contributed by atoms with E-state index in [9.17, 15) is 18.8 Å². The molecule has 1 N–H and O–H groups in total. The summed E-state index contributed by atoms with van der Waals surface area (Å²) in [5.74, 6) is -1.77. The van der Waals surface area contributed by atoms with Gasteiger partial charge in [0.2, 0.25) is 0 Å². The van der Waals surface area contributed by atoms with E-state index in [1.54, 1.807) is 24.4 Å². The second kappa shape index (κ2) is 7.37. The van der Waals surface area contributed by atoms with Crippen LogP contribution in [-0.2, 0) is 6.54 Å². The third kappa shape index (κ3) is 3.44. The number of fused-ring (bicyclic) bond motifs is 2. The van der Waals surface area contributed by atoms with Gasteiger partial charge in [0, 0.05) is 11.8 Å². The molecule has 0 aliphatic carbocycles. The zero-order valence-corrected chi connectivity index (χ0v) is 16.6. The van der Waals surface area contributed by atoms with Gasteiger partial charge in [-0.3, -0.25) is 29.6 Å². The van der Waals surface area contributed by atoms with Crippen LogP contribution in [0.1, 0.15) is 36.8 Å². The number of carbonyl (C=O) groups excluding carboxylic acids is 3. The van der Waals surface area contributed by atoms with Crippen molar-refractivity contribution in [2.75, 3.05) is 5.32 Å². The van der Waals surface area contributed by atoms with Crippen molar-refractivity contribution in [2.45, 2.75) is 6.54 Å². The van der Waals surface area contributed by atoms with E-state index in [0.717, 1.165) is 16.2 Å². The van der Waals surface area contributed by atoms with Crippen molar-refractivity contribution in [3.05, 3.63) is 89.0 Å². The molecule has 3 heterocycles.